The van der Waals surface area contributed by atoms with Crippen LogP contribution in [0.15, 0.2) is 18.3 Å². The lowest BCUT2D eigenvalue weighted by atomic mass is 10.1. The van der Waals surface area contributed by atoms with Crippen molar-refractivity contribution in [2.75, 3.05) is 23.7 Å². The van der Waals surface area contributed by atoms with Crippen molar-refractivity contribution in [3.8, 4) is 0 Å². The highest BCUT2D eigenvalue weighted by atomic mass is 15.1. The molecular weight excluding hydrogens is 186 g/mol. The van der Waals surface area contributed by atoms with Crippen molar-refractivity contribution in [1.82, 2.24) is 4.98 Å². The fourth-order valence-electron chi connectivity index (χ4n) is 1.56. The van der Waals surface area contributed by atoms with Crippen molar-refractivity contribution in [3.05, 3.63) is 18.3 Å². The number of anilines is 2. The summed E-state index contributed by atoms with van der Waals surface area (Å²) in [5.74, 6) is 1.30. The molecule has 0 aromatic carbocycles. The van der Waals surface area contributed by atoms with Crippen LogP contribution in [0.25, 0.3) is 0 Å². The molecule has 1 rings (SSSR count). The summed E-state index contributed by atoms with van der Waals surface area (Å²) in [7, 11) is 0. The molecule has 3 nitrogen and oxygen atoms in total. The second kappa shape index (κ2) is 5.59. The topological polar surface area (TPSA) is 42.2 Å². The minimum absolute atomic E-state index is 0.593. The SMILES string of the molecule is CCC(C)CN(CC)c1ccnc(N)c1. The van der Waals surface area contributed by atoms with Gasteiger partial charge in [0.25, 0.3) is 0 Å². The summed E-state index contributed by atoms with van der Waals surface area (Å²) in [6.07, 6.45) is 2.97. The van der Waals surface area contributed by atoms with Crippen LogP contribution in [0.2, 0.25) is 0 Å². The quantitative estimate of drug-likeness (QED) is 0.806. The smallest absolute Gasteiger partial charge is 0.125 e. The maximum absolute atomic E-state index is 5.68. The van der Waals surface area contributed by atoms with Gasteiger partial charge in [-0.1, -0.05) is 20.3 Å². The zero-order valence-corrected chi connectivity index (χ0v) is 9.90. The van der Waals surface area contributed by atoms with Gasteiger partial charge in [0.15, 0.2) is 0 Å². The minimum Gasteiger partial charge on any atom is -0.384 e. The number of nitrogens with two attached hydrogens (primary N) is 1. The monoisotopic (exact) mass is 207 g/mol. The summed E-state index contributed by atoms with van der Waals surface area (Å²) < 4.78 is 0. The first kappa shape index (κ1) is 11.8. The van der Waals surface area contributed by atoms with Crippen LogP contribution in [0.5, 0.6) is 0 Å². The van der Waals surface area contributed by atoms with Crippen LogP contribution in [-0.2, 0) is 0 Å². The molecular formula is C12H21N3. The van der Waals surface area contributed by atoms with Gasteiger partial charge in [0.05, 0.1) is 0 Å². The maximum Gasteiger partial charge on any atom is 0.125 e. The molecule has 15 heavy (non-hydrogen) atoms. The summed E-state index contributed by atoms with van der Waals surface area (Å²) >= 11 is 0. The molecule has 1 atom stereocenters. The molecule has 0 radical (unpaired) electrons. The number of nitrogen functional groups attached to an aromatic ring is 1. The molecule has 0 spiro atoms. The van der Waals surface area contributed by atoms with E-state index in [9.17, 15) is 0 Å². The Labute approximate surface area is 92.3 Å². The summed E-state index contributed by atoms with van der Waals surface area (Å²) in [5, 5.41) is 0. The highest BCUT2D eigenvalue weighted by molar-refractivity contribution is 5.51. The molecule has 1 aromatic heterocycles. The van der Waals surface area contributed by atoms with Crippen LogP contribution in [-0.4, -0.2) is 18.1 Å². The first-order valence-electron chi connectivity index (χ1n) is 5.63. The average molecular weight is 207 g/mol. The molecule has 1 unspecified atom stereocenters. The van der Waals surface area contributed by atoms with Gasteiger partial charge in [-0.2, -0.15) is 0 Å². The summed E-state index contributed by atoms with van der Waals surface area (Å²) in [6, 6.07) is 3.95. The van der Waals surface area contributed by atoms with Crippen molar-refractivity contribution in [3.63, 3.8) is 0 Å². The fraction of sp³-hybridized carbons (Fsp3) is 0.583. The van der Waals surface area contributed by atoms with E-state index in [0.717, 1.165) is 13.1 Å². The third-order valence-corrected chi connectivity index (χ3v) is 2.74. The van der Waals surface area contributed by atoms with E-state index in [1.807, 2.05) is 12.1 Å². The zero-order valence-electron chi connectivity index (χ0n) is 9.90. The Morgan fingerprint density at radius 1 is 1.47 bits per heavy atom. The molecule has 0 bridgehead atoms. The molecule has 84 valence electrons. The first-order valence-corrected chi connectivity index (χ1v) is 5.63. The third kappa shape index (κ3) is 3.42. The standard InChI is InChI=1S/C12H21N3/c1-4-10(3)9-15(5-2)11-6-7-14-12(13)8-11/h6-8,10H,4-5,9H2,1-3H3,(H2,13,14). The Kier molecular flexibility index (Phi) is 4.40. The highest BCUT2D eigenvalue weighted by Gasteiger charge is 2.08. The Bertz CT molecular complexity index is 299. The highest BCUT2D eigenvalue weighted by Crippen LogP contribution is 2.17. The lowest BCUT2D eigenvalue weighted by molar-refractivity contribution is 0.548. The molecule has 0 fully saturated rings. The maximum atomic E-state index is 5.68. The first-order chi connectivity index (χ1) is 7.17. The largest absolute Gasteiger partial charge is 0.384 e. The van der Waals surface area contributed by atoms with Gasteiger partial charge < -0.3 is 10.6 Å². The van der Waals surface area contributed by atoms with Crippen LogP contribution in [0.4, 0.5) is 11.5 Å². The number of rotatable bonds is 5. The minimum atomic E-state index is 0.593. The molecule has 0 aliphatic heterocycles. The summed E-state index contributed by atoms with van der Waals surface area (Å²) in [6.45, 7) is 8.75. The van der Waals surface area contributed by atoms with E-state index >= 15 is 0 Å². The van der Waals surface area contributed by atoms with E-state index in [1.165, 1.54) is 12.1 Å². The Morgan fingerprint density at radius 3 is 2.73 bits per heavy atom. The predicted molar refractivity (Wildman–Crippen MR) is 66.0 cm³/mol. The van der Waals surface area contributed by atoms with Gasteiger partial charge in [0.1, 0.15) is 5.82 Å². The molecule has 0 saturated carbocycles. The van der Waals surface area contributed by atoms with E-state index in [2.05, 4.69) is 30.7 Å². The fourth-order valence-corrected chi connectivity index (χ4v) is 1.56. The van der Waals surface area contributed by atoms with E-state index in [-0.39, 0.29) is 0 Å². The second-order valence-electron chi connectivity index (χ2n) is 3.99. The van der Waals surface area contributed by atoms with Gasteiger partial charge in [-0.15, -0.1) is 0 Å². The van der Waals surface area contributed by atoms with Crippen LogP contribution in [0.1, 0.15) is 27.2 Å². The van der Waals surface area contributed by atoms with Crippen molar-refractivity contribution in [2.45, 2.75) is 27.2 Å². The lowest BCUT2D eigenvalue weighted by Crippen LogP contribution is -2.28. The van der Waals surface area contributed by atoms with Gasteiger partial charge in [-0.3, -0.25) is 0 Å². The van der Waals surface area contributed by atoms with Crippen molar-refractivity contribution < 1.29 is 0 Å². The van der Waals surface area contributed by atoms with Crippen LogP contribution in [0.3, 0.4) is 0 Å². The molecule has 0 saturated heterocycles. The van der Waals surface area contributed by atoms with Crippen LogP contribution < -0.4 is 10.6 Å². The van der Waals surface area contributed by atoms with Gasteiger partial charge in [0, 0.05) is 31.0 Å². The summed E-state index contributed by atoms with van der Waals surface area (Å²) in [4.78, 5) is 6.35. The predicted octanol–water partition coefficient (Wildman–Crippen LogP) is 2.54. The van der Waals surface area contributed by atoms with Crippen molar-refractivity contribution in [1.29, 1.82) is 0 Å². The number of pyridine rings is 1. The Hall–Kier alpha value is -1.25. The van der Waals surface area contributed by atoms with E-state index in [0.29, 0.717) is 11.7 Å². The number of aromatic nitrogens is 1. The van der Waals surface area contributed by atoms with E-state index < -0.39 is 0 Å². The molecule has 0 aliphatic rings. The zero-order chi connectivity index (χ0) is 11.3. The van der Waals surface area contributed by atoms with Crippen LogP contribution in [0, 0.1) is 5.92 Å². The average Bonchev–Trinajstić information content (AvgIpc) is 2.25. The van der Waals surface area contributed by atoms with Crippen LogP contribution >= 0.6 is 0 Å². The van der Waals surface area contributed by atoms with Crippen molar-refractivity contribution >= 4 is 11.5 Å². The molecule has 1 aromatic rings. The molecule has 0 amide bonds. The van der Waals surface area contributed by atoms with Gasteiger partial charge in [-0.05, 0) is 18.9 Å². The number of hydrogen-bond donors (Lipinski definition) is 1. The normalized spacial score (nSPS) is 12.5. The van der Waals surface area contributed by atoms with E-state index in [1.54, 1.807) is 6.20 Å². The molecule has 2 N–H and O–H groups in total. The molecule has 1 heterocycles. The van der Waals surface area contributed by atoms with Gasteiger partial charge in [-0.25, -0.2) is 4.98 Å². The van der Waals surface area contributed by atoms with Crippen molar-refractivity contribution in [2.24, 2.45) is 5.92 Å². The summed E-state index contributed by atoms with van der Waals surface area (Å²) in [5.41, 5.74) is 6.85. The van der Waals surface area contributed by atoms with E-state index in [4.69, 9.17) is 5.73 Å². The second-order valence-corrected chi connectivity index (χ2v) is 3.99. The number of nitrogens with zero attached hydrogens (tertiary/aromatic N) is 2. The lowest BCUT2D eigenvalue weighted by Gasteiger charge is -2.26. The Balaban J connectivity index is 2.73. The van der Waals surface area contributed by atoms with Gasteiger partial charge in [0.2, 0.25) is 0 Å². The third-order valence-electron chi connectivity index (χ3n) is 2.74. The Morgan fingerprint density at radius 2 is 2.20 bits per heavy atom. The molecule has 3 heteroatoms. The molecule has 0 aliphatic carbocycles. The number of hydrogen-bond acceptors (Lipinski definition) is 3. The van der Waals surface area contributed by atoms with Gasteiger partial charge >= 0.3 is 0 Å².